The van der Waals surface area contributed by atoms with Crippen molar-refractivity contribution in [2.45, 2.75) is 373 Å². The number of ether oxygens (including phenoxy) is 3. The highest BCUT2D eigenvalue weighted by atomic mass is 31.2. The molecule has 0 amide bonds. The molecule has 0 saturated heterocycles. The van der Waals surface area contributed by atoms with E-state index in [1.807, 2.05) is 0 Å². The van der Waals surface area contributed by atoms with Crippen LogP contribution >= 0.6 is 15.6 Å². The molecule has 0 rings (SSSR count). The SMILES string of the molecule is CC/C=C\C/C=C\C/C=C\C/C=C\C/C=C\CCCCCCCCCC(=O)OCC(COP(=O)(O)OCC(O)COP(=O)(O)OCC(O)COC(=O)CCCCCCCCCCCCCCCCC/C=C\C/C=C\C/C=C\C/C=C\CCCCC)OC(=O)CCCCCCCCCCCCCCC. The zero-order valence-corrected chi connectivity index (χ0v) is 67.0. The molecule has 0 saturated carbocycles. The maximum atomic E-state index is 13.0. The Morgan fingerprint density at radius 2 is 0.515 bits per heavy atom. The van der Waals surface area contributed by atoms with Crippen molar-refractivity contribution in [2.24, 2.45) is 0 Å². The standard InChI is InChI=1S/C85H150O16P2/c1-4-7-10-13-16-19-22-25-27-29-31-33-35-36-37-38-39-40-41-42-44-46-47-49-51-54-56-59-62-65-68-71-83(88)95-74-80(86)75-97-102(91,92)98-76-81(87)77-99-103(93,94)100-79-82(101-85(90)73-70-67-64-61-58-53-24-21-18-15-12-9-6-3)78-96-84(89)72-69-66-63-60-57-55-52-50-48-45-43-34-32-30-28-26-23-20-17-14-11-8-5-2/h8,11,16-17,19-20,25-28,31-34,36-37,45,48,80-82,86-87H,4-7,9-10,12-15,18,21-24,29-30,35,38-44,46-47,49-79H2,1-3H3,(H,91,92)(H,93,94)/b11-8-,19-16-,20-17-,27-25-,28-26-,33-31-,34-32-,37-36-,48-45-. The van der Waals surface area contributed by atoms with Crippen LogP contribution in [0.15, 0.2) is 109 Å². The van der Waals surface area contributed by atoms with E-state index in [0.29, 0.717) is 19.3 Å². The number of phosphoric acid groups is 2. The molecule has 0 aliphatic heterocycles. The van der Waals surface area contributed by atoms with E-state index >= 15 is 0 Å². The summed E-state index contributed by atoms with van der Waals surface area (Å²) in [5.74, 6) is -1.57. The molecule has 0 aromatic rings. The van der Waals surface area contributed by atoms with Crippen LogP contribution in [0, 0.1) is 0 Å². The van der Waals surface area contributed by atoms with Gasteiger partial charge in [-0.25, -0.2) is 9.13 Å². The molecular weight excluding hydrogens is 1340 g/mol. The number of aliphatic hydroxyl groups excluding tert-OH is 2. The number of rotatable bonds is 78. The van der Waals surface area contributed by atoms with Gasteiger partial charge in [0.05, 0.1) is 26.4 Å². The van der Waals surface area contributed by atoms with Gasteiger partial charge in [-0.3, -0.25) is 32.5 Å². The quantitative estimate of drug-likeness (QED) is 0.0146. The topological polar surface area (TPSA) is 231 Å². The van der Waals surface area contributed by atoms with Crippen LogP contribution in [-0.2, 0) is 55.8 Å². The van der Waals surface area contributed by atoms with Gasteiger partial charge >= 0.3 is 33.6 Å². The summed E-state index contributed by atoms with van der Waals surface area (Å²) < 4.78 is 61.2. The van der Waals surface area contributed by atoms with Crippen molar-refractivity contribution in [3.63, 3.8) is 0 Å². The van der Waals surface area contributed by atoms with E-state index in [4.69, 9.17) is 32.3 Å². The minimum Gasteiger partial charge on any atom is -0.463 e. The van der Waals surface area contributed by atoms with Crippen LogP contribution in [0.1, 0.15) is 355 Å². The largest absolute Gasteiger partial charge is 0.472 e. The van der Waals surface area contributed by atoms with Crippen molar-refractivity contribution in [3.05, 3.63) is 109 Å². The Morgan fingerprint density at radius 3 is 0.835 bits per heavy atom. The number of hydrogen-bond acceptors (Lipinski definition) is 14. The van der Waals surface area contributed by atoms with Crippen LogP contribution in [0.4, 0.5) is 0 Å². The molecule has 0 fully saturated rings. The monoisotopic (exact) mass is 1490 g/mol. The van der Waals surface area contributed by atoms with E-state index in [1.54, 1.807) is 0 Å². The highest BCUT2D eigenvalue weighted by Crippen LogP contribution is 2.45. The van der Waals surface area contributed by atoms with Crippen molar-refractivity contribution in [1.82, 2.24) is 0 Å². The molecule has 0 radical (unpaired) electrons. The Bertz CT molecular complexity index is 2310. The zero-order valence-electron chi connectivity index (χ0n) is 65.2. The number of aliphatic hydroxyl groups is 2. The van der Waals surface area contributed by atoms with Crippen molar-refractivity contribution in [2.75, 3.05) is 39.6 Å². The second-order valence-corrected chi connectivity index (χ2v) is 30.5. The van der Waals surface area contributed by atoms with Crippen LogP contribution in [-0.4, -0.2) is 95.9 Å². The van der Waals surface area contributed by atoms with Gasteiger partial charge in [0, 0.05) is 19.3 Å². The van der Waals surface area contributed by atoms with E-state index in [0.717, 1.165) is 141 Å². The highest BCUT2D eigenvalue weighted by molar-refractivity contribution is 7.47. The maximum Gasteiger partial charge on any atom is 0.472 e. The molecule has 0 aliphatic rings. The smallest absolute Gasteiger partial charge is 0.463 e. The van der Waals surface area contributed by atoms with Crippen LogP contribution in [0.2, 0.25) is 0 Å². The molecule has 18 heteroatoms. The Labute approximate surface area is 628 Å². The Hall–Kier alpha value is -3.79. The average Bonchev–Trinajstić information content (AvgIpc) is 0.947. The van der Waals surface area contributed by atoms with Gasteiger partial charge in [-0.05, 0) is 109 Å². The van der Waals surface area contributed by atoms with E-state index in [1.165, 1.54) is 154 Å². The van der Waals surface area contributed by atoms with Crippen LogP contribution in [0.25, 0.3) is 0 Å². The first-order chi connectivity index (χ1) is 50.2. The number of phosphoric ester groups is 2. The summed E-state index contributed by atoms with van der Waals surface area (Å²) in [7, 11) is -9.79. The minimum absolute atomic E-state index is 0.105. The third-order valence-corrected chi connectivity index (χ3v) is 19.4. The lowest BCUT2D eigenvalue weighted by molar-refractivity contribution is -0.161. The Kier molecular flexibility index (Phi) is 74.9. The third-order valence-electron chi connectivity index (χ3n) is 17.5. The fraction of sp³-hybridized carbons (Fsp3) is 0.753. The predicted molar refractivity (Wildman–Crippen MR) is 427 cm³/mol. The first-order valence-electron chi connectivity index (χ1n) is 41.2. The third kappa shape index (κ3) is 79.1. The average molecular weight is 1490 g/mol. The zero-order chi connectivity index (χ0) is 75.2. The fourth-order valence-electron chi connectivity index (χ4n) is 11.2. The summed E-state index contributed by atoms with van der Waals surface area (Å²) in [6, 6.07) is 0. The first kappa shape index (κ1) is 99.2. The lowest BCUT2D eigenvalue weighted by atomic mass is 10.0. The summed E-state index contributed by atoms with van der Waals surface area (Å²) in [5, 5.41) is 20.6. The molecular formula is C85H150O16P2. The number of allylic oxidation sites excluding steroid dienone is 18. The molecule has 5 atom stereocenters. The number of unbranched alkanes of at least 4 members (excludes halogenated alkanes) is 37. The van der Waals surface area contributed by atoms with Gasteiger partial charge in [0.15, 0.2) is 6.10 Å². The van der Waals surface area contributed by atoms with Gasteiger partial charge in [0.2, 0.25) is 0 Å². The lowest BCUT2D eigenvalue weighted by Crippen LogP contribution is -2.30. The van der Waals surface area contributed by atoms with Gasteiger partial charge in [0.1, 0.15) is 25.4 Å². The van der Waals surface area contributed by atoms with E-state index in [-0.39, 0.29) is 19.3 Å². The van der Waals surface area contributed by atoms with E-state index in [9.17, 15) is 43.5 Å². The minimum atomic E-state index is -4.93. The molecule has 0 bridgehead atoms. The lowest BCUT2D eigenvalue weighted by Gasteiger charge is -2.21. The van der Waals surface area contributed by atoms with E-state index < -0.39 is 91.5 Å². The molecule has 0 heterocycles. The van der Waals surface area contributed by atoms with Crippen molar-refractivity contribution in [1.29, 1.82) is 0 Å². The molecule has 0 spiro atoms. The highest BCUT2D eigenvalue weighted by Gasteiger charge is 2.29. The van der Waals surface area contributed by atoms with Crippen molar-refractivity contribution >= 4 is 33.6 Å². The predicted octanol–water partition coefficient (Wildman–Crippen LogP) is 24.3. The molecule has 16 nitrogen and oxygen atoms in total. The van der Waals surface area contributed by atoms with Gasteiger partial charge < -0.3 is 34.2 Å². The van der Waals surface area contributed by atoms with Gasteiger partial charge in [-0.2, -0.15) is 0 Å². The maximum absolute atomic E-state index is 13.0. The van der Waals surface area contributed by atoms with Gasteiger partial charge in [0.25, 0.3) is 0 Å². The molecule has 0 aromatic carbocycles. The Morgan fingerprint density at radius 1 is 0.282 bits per heavy atom. The molecule has 0 aromatic heterocycles. The first-order valence-corrected chi connectivity index (χ1v) is 44.2. The van der Waals surface area contributed by atoms with Crippen LogP contribution < -0.4 is 0 Å². The van der Waals surface area contributed by atoms with Crippen molar-refractivity contribution < 1.29 is 75.8 Å². The summed E-state index contributed by atoms with van der Waals surface area (Å²) in [6.45, 7) is 2.57. The number of carbonyl (C=O) groups excluding carboxylic acids is 3. The summed E-state index contributed by atoms with van der Waals surface area (Å²) in [6.07, 6.45) is 91.4. The second-order valence-electron chi connectivity index (χ2n) is 27.6. The van der Waals surface area contributed by atoms with Crippen LogP contribution in [0.5, 0.6) is 0 Å². The molecule has 0 aliphatic carbocycles. The molecule has 5 unspecified atom stereocenters. The summed E-state index contributed by atoms with van der Waals surface area (Å²) in [4.78, 5) is 58.7. The number of hydrogen-bond donors (Lipinski definition) is 4. The fourth-order valence-corrected chi connectivity index (χ4v) is 12.8. The molecule has 103 heavy (non-hydrogen) atoms. The molecule has 596 valence electrons. The van der Waals surface area contributed by atoms with Crippen LogP contribution in [0.3, 0.4) is 0 Å². The number of esters is 3. The normalized spacial score (nSPS) is 14.5. The summed E-state index contributed by atoms with van der Waals surface area (Å²) in [5.41, 5.74) is 0. The van der Waals surface area contributed by atoms with Gasteiger partial charge in [-0.15, -0.1) is 0 Å². The van der Waals surface area contributed by atoms with Gasteiger partial charge in [-0.1, -0.05) is 336 Å². The van der Waals surface area contributed by atoms with Crippen molar-refractivity contribution in [3.8, 4) is 0 Å². The number of carbonyl (C=O) groups is 3. The molecule has 4 N–H and O–H groups in total. The van der Waals surface area contributed by atoms with E-state index in [2.05, 4.69) is 130 Å². The Balaban J connectivity index is 4.45. The summed E-state index contributed by atoms with van der Waals surface area (Å²) >= 11 is 0. The second kappa shape index (κ2) is 77.8.